The fourth-order valence-corrected chi connectivity index (χ4v) is 2.97. The zero-order chi connectivity index (χ0) is 16.6. The lowest BCUT2D eigenvalue weighted by atomic mass is 9.99. The van der Waals surface area contributed by atoms with Crippen molar-refractivity contribution < 1.29 is 9.53 Å². The first-order valence-electron chi connectivity index (χ1n) is 7.62. The van der Waals surface area contributed by atoms with Crippen molar-refractivity contribution in [3.63, 3.8) is 0 Å². The number of pyridine rings is 1. The van der Waals surface area contributed by atoms with Gasteiger partial charge in [-0.1, -0.05) is 6.07 Å². The van der Waals surface area contributed by atoms with Crippen LogP contribution < -0.4 is 10.9 Å². The van der Waals surface area contributed by atoms with Crippen LogP contribution in [0.2, 0.25) is 0 Å². The molecule has 2 aromatic rings. The number of ether oxygens (including phenoxy) is 1. The van der Waals surface area contributed by atoms with Gasteiger partial charge in [0.1, 0.15) is 5.69 Å². The number of H-pyrrole nitrogens is 1. The number of aromatic nitrogens is 3. The van der Waals surface area contributed by atoms with E-state index >= 15 is 0 Å². The molecule has 2 aromatic heterocycles. The Morgan fingerprint density at radius 3 is 2.96 bits per heavy atom. The molecule has 122 valence electrons. The molecular formula is C16H20N4O3. The highest BCUT2D eigenvalue weighted by molar-refractivity contribution is 5.94. The average Bonchev–Trinajstić information content (AvgIpc) is 2.83. The number of aryl methyl sites for hydroxylation is 1. The quantitative estimate of drug-likeness (QED) is 0.886. The summed E-state index contributed by atoms with van der Waals surface area (Å²) in [4.78, 5) is 26.2. The van der Waals surface area contributed by atoms with Crippen LogP contribution in [0.15, 0.2) is 23.1 Å². The molecule has 0 aliphatic carbocycles. The van der Waals surface area contributed by atoms with Crippen LogP contribution in [-0.4, -0.2) is 26.8 Å². The Bertz CT molecular complexity index is 773. The predicted molar refractivity (Wildman–Crippen MR) is 84.1 cm³/mol. The van der Waals surface area contributed by atoms with Gasteiger partial charge in [-0.05, 0) is 19.4 Å². The number of carbonyl (C=O) groups is 1. The first-order chi connectivity index (χ1) is 11.0. The third-order valence-corrected chi connectivity index (χ3v) is 4.01. The molecule has 1 aliphatic heterocycles. The summed E-state index contributed by atoms with van der Waals surface area (Å²) in [6, 6.07) is 3.13. The maximum atomic E-state index is 12.6. The minimum absolute atomic E-state index is 0.0625. The normalized spacial score (nSPS) is 20.1. The Kier molecular flexibility index (Phi) is 4.04. The monoisotopic (exact) mass is 316 g/mol. The second-order valence-corrected chi connectivity index (χ2v) is 5.87. The van der Waals surface area contributed by atoms with Crippen molar-refractivity contribution in [3.8, 4) is 0 Å². The molecule has 7 nitrogen and oxygen atoms in total. The van der Waals surface area contributed by atoms with Crippen LogP contribution in [0.4, 0.5) is 0 Å². The number of fused-ring (bicyclic) bond motifs is 1. The van der Waals surface area contributed by atoms with Gasteiger partial charge in [0.05, 0.1) is 17.9 Å². The Labute approximate surface area is 133 Å². The lowest BCUT2D eigenvalue weighted by molar-refractivity contribution is -0.00710. The van der Waals surface area contributed by atoms with Crippen LogP contribution in [0.5, 0.6) is 0 Å². The van der Waals surface area contributed by atoms with E-state index < -0.39 is 0 Å². The van der Waals surface area contributed by atoms with Crippen LogP contribution >= 0.6 is 0 Å². The molecule has 0 bridgehead atoms. The molecule has 3 heterocycles. The van der Waals surface area contributed by atoms with Crippen LogP contribution in [0.1, 0.15) is 47.3 Å². The number of rotatable bonds is 3. The largest absolute Gasteiger partial charge is 0.369 e. The van der Waals surface area contributed by atoms with Crippen molar-refractivity contribution in [2.45, 2.75) is 39.0 Å². The second kappa shape index (κ2) is 6.00. The molecule has 0 unspecified atom stereocenters. The molecule has 0 saturated carbocycles. The number of nitrogens with zero attached hydrogens (tertiary/aromatic N) is 2. The second-order valence-electron chi connectivity index (χ2n) is 5.87. The third-order valence-electron chi connectivity index (χ3n) is 4.01. The highest BCUT2D eigenvalue weighted by Gasteiger charge is 2.31. The smallest absolute Gasteiger partial charge is 0.270 e. The van der Waals surface area contributed by atoms with Gasteiger partial charge in [-0.25, -0.2) is 0 Å². The number of hydrogen-bond donors (Lipinski definition) is 2. The Balaban J connectivity index is 1.80. The maximum Gasteiger partial charge on any atom is 0.270 e. The molecule has 0 aromatic carbocycles. The molecular weight excluding hydrogens is 296 g/mol. The predicted octanol–water partition coefficient (Wildman–Crippen LogP) is 1.06. The van der Waals surface area contributed by atoms with Gasteiger partial charge >= 0.3 is 0 Å². The third kappa shape index (κ3) is 3.05. The van der Waals surface area contributed by atoms with E-state index in [0.29, 0.717) is 18.7 Å². The van der Waals surface area contributed by atoms with Crippen molar-refractivity contribution in [1.82, 2.24) is 20.1 Å². The summed E-state index contributed by atoms with van der Waals surface area (Å²) in [6.07, 6.45) is 2.22. The van der Waals surface area contributed by atoms with E-state index in [1.807, 2.05) is 13.8 Å². The summed E-state index contributed by atoms with van der Waals surface area (Å²) in [5, 5.41) is 7.32. The van der Waals surface area contributed by atoms with Crippen molar-refractivity contribution in [3.05, 3.63) is 51.2 Å². The first-order valence-corrected chi connectivity index (χ1v) is 7.62. The lowest BCUT2D eigenvalue weighted by Crippen LogP contribution is -2.28. The van der Waals surface area contributed by atoms with Gasteiger partial charge in [-0.3, -0.25) is 14.3 Å². The van der Waals surface area contributed by atoms with Crippen LogP contribution in [0.25, 0.3) is 0 Å². The fraction of sp³-hybridized carbons (Fsp3) is 0.438. The van der Waals surface area contributed by atoms with Gasteiger partial charge in [-0.15, -0.1) is 0 Å². The van der Waals surface area contributed by atoms with E-state index in [2.05, 4.69) is 15.4 Å². The Morgan fingerprint density at radius 1 is 1.48 bits per heavy atom. The minimum Gasteiger partial charge on any atom is -0.369 e. The summed E-state index contributed by atoms with van der Waals surface area (Å²) in [7, 11) is 1.77. The van der Waals surface area contributed by atoms with Crippen LogP contribution in [0, 0.1) is 0 Å². The molecule has 1 aliphatic rings. The lowest BCUT2D eigenvalue weighted by Gasteiger charge is -2.24. The SMILES string of the molecule is C[C@@H]1Cc2c(nn(C)c2C(=O)NCc2ccc(=O)[nH]c2)[C@H](C)O1. The van der Waals surface area contributed by atoms with E-state index in [9.17, 15) is 9.59 Å². The summed E-state index contributed by atoms with van der Waals surface area (Å²) in [6.45, 7) is 4.29. The van der Waals surface area contributed by atoms with Gasteiger partial charge in [0.15, 0.2) is 0 Å². The summed E-state index contributed by atoms with van der Waals surface area (Å²) >= 11 is 0. The molecule has 2 N–H and O–H groups in total. The molecule has 0 spiro atoms. The number of nitrogens with one attached hydrogen (secondary N) is 2. The maximum absolute atomic E-state index is 12.6. The minimum atomic E-state index is -0.172. The van der Waals surface area contributed by atoms with Crippen LogP contribution in [0.3, 0.4) is 0 Å². The van der Waals surface area contributed by atoms with Gasteiger partial charge in [-0.2, -0.15) is 5.10 Å². The van der Waals surface area contributed by atoms with Gasteiger partial charge in [0.25, 0.3) is 5.91 Å². The van der Waals surface area contributed by atoms with Gasteiger partial charge < -0.3 is 15.0 Å². The van der Waals surface area contributed by atoms with Crippen LogP contribution in [-0.2, 0) is 24.8 Å². The van der Waals surface area contributed by atoms with E-state index in [0.717, 1.165) is 16.8 Å². The summed E-state index contributed by atoms with van der Waals surface area (Å²) < 4.78 is 7.38. The highest BCUT2D eigenvalue weighted by Crippen LogP contribution is 2.31. The number of aromatic amines is 1. The molecule has 23 heavy (non-hydrogen) atoms. The number of amides is 1. The highest BCUT2D eigenvalue weighted by atomic mass is 16.5. The molecule has 0 fully saturated rings. The molecule has 3 rings (SSSR count). The van der Waals surface area contributed by atoms with Crippen molar-refractivity contribution in [2.75, 3.05) is 0 Å². The Morgan fingerprint density at radius 2 is 2.26 bits per heavy atom. The average molecular weight is 316 g/mol. The van der Waals surface area contributed by atoms with Crippen molar-refractivity contribution >= 4 is 5.91 Å². The van der Waals surface area contributed by atoms with E-state index in [1.165, 1.54) is 6.07 Å². The molecule has 1 amide bonds. The Hall–Kier alpha value is -2.41. The molecule has 7 heteroatoms. The summed E-state index contributed by atoms with van der Waals surface area (Å²) in [5.74, 6) is -0.172. The molecule has 0 radical (unpaired) electrons. The fourth-order valence-electron chi connectivity index (χ4n) is 2.97. The topological polar surface area (TPSA) is 89.0 Å². The number of hydrogen-bond acceptors (Lipinski definition) is 4. The van der Waals surface area contributed by atoms with Gasteiger partial charge in [0.2, 0.25) is 5.56 Å². The zero-order valence-corrected chi connectivity index (χ0v) is 13.4. The standard InChI is InChI=1S/C16H20N4O3/c1-9-6-12-14(10(2)23-9)19-20(3)15(12)16(22)18-8-11-4-5-13(21)17-7-11/h4-5,7,9-10H,6,8H2,1-3H3,(H,17,21)(H,18,22)/t9-,10+/m1/s1. The van der Waals surface area contributed by atoms with Gasteiger partial charge in [0, 0.05) is 37.8 Å². The van der Waals surface area contributed by atoms with E-state index in [4.69, 9.17) is 4.74 Å². The van der Waals surface area contributed by atoms with Crippen molar-refractivity contribution in [1.29, 1.82) is 0 Å². The molecule has 0 saturated heterocycles. The summed E-state index contributed by atoms with van der Waals surface area (Å²) in [5.41, 5.74) is 3.03. The van der Waals surface area contributed by atoms with E-state index in [1.54, 1.807) is 24.0 Å². The number of carbonyl (C=O) groups excluding carboxylic acids is 1. The zero-order valence-electron chi connectivity index (χ0n) is 13.4. The molecule has 2 atom stereocenters. The van der Waals surface area contributed by atoms with Crippen molar-refractivity contribution in [2.24, 2.45) is 7.05 Å². The van der Waals surface area contributed by atoms with E-state index in [-0.39, 0.29) is 23.7 Å². The first kappa shape index (κ1) is 15.5.